The molecule has 2 rings (SSSR count). The van der Waals surface area contributed by atoms with Crippen molar-refractivity contribution in [1.29, 1.82) is 0 Å². The first-order valence-corrected chi connectivity index (χ1v) is 6.95. The quantitative estimate of drug-likeness (QED) is 0.919. The average molecular weight is 335 g/mol. The van der Waals surface area contributed by atoms with Gasteiger partial charge in [0.1, 0.15) is 5.75 Å². The molecule has 0 aromatic heterocycles. The first kappa shape index (κ1) is 18.6. The summed E-state index contributed by atoms with van der Waals surface area (Å²) in [4.78, 5) is 14.0. The van der Waals surface area contributed by atoms with Crippen molar-refractivity contribution in [2.75, 3.05) is 19.6 Å². The predicted molar refractivity (Wildman–Crippen MR) is 82.1 cm³/mol. The van der Waals surface area contributed by atoms with Crippen LogP contribution in [0.1, 0.15) is 20.3 Å². The van der Waals surface area contributed by atoms with Crippen molar-refractivity contribution in [3.05, 3.63) is 29.8 Å². The van der Waals surface area contributed by atoms with Crippen LogP contribution in [0.25, 0.3) is 0 Å². The van der Waals surface area contributed by atoms with Crippen LogP contribution in [0.15, 0.2) is 18.2 Å². The topological polar surface area (TPSA) is 55.6 Å². The van der Waals surface area contributed by atoms with E-state index in [4.69, 9.17) is 10.5 Å². The van der Waals surface area contributed by atoms with Gasteiger partial charge < -0.3 is 15.4 Å². The number of nitrogens with zero attached hydrogens (tertiary/aromatic N) is 1. The number of ether oxygens (including phenoxy) is 1. The van der Waals surface area contributed by atoms with Gasteiger partial charge in [-0.2, -0.15) is 0 Å². The number of amides is 1. The van der Waals surface area contributed by atoms with Crippen LogP contribution in [0.2, 0.25) is 0 Å². The number of likely N-dealkylation sites (tertiary alicyclic amines) is 1. The van der Waals surface area contributed by atoms with Crippen molar-refractivity contribution in [3.8, 4) is 5.75 Å². The highest BCUT2D eigenvalue weighted by Gasteiger charge is 2.36. The van der Waals surface area contributed by atoms with E-state index in [0.29, 0.717) is 19.6 Å². The molecule has 1 amide bonds. The van der Waals surface area contributed by atoms with Crippen molar-refractivity contribution in [3.63, 3.8) is 0 Å². The van der Waals surface area contributed by atoms with E-state index >= 15 is 0 Å². The number of benzene rings is 1. The standard InChI is InChI=1S/C15H20F2N2O2.ClH/c1-10(21-11-3-4-12(16)13(17)7-11)14(20)19-6-5-15(2,8-18)9-19;/h3-4,7,10H,5-6,8-9,18H2,1-2H3;1H. The van der Waals surface area contributed by atoms with E-state index in [0.717, 1.165) is 18.6 Å². The van der Waals surface area contributed by atoms with Crippen LogP contribution < -0.4 is 10.5 Å². The van der Waals surface area contributed by atoms with Gasteiger partial charge in [0.15, 0.2) is 17.7 Å². The molecule has 1 aromatic rings. The Morgan fingerprint density at radius 1 is 1.45 bits per heavy atom. The molecule has 0 radical (unpaired) electrons. The minimum absolute atomic E-state index is 0. The summed E-state index contributed by atoms with van der Waals surface area (Å²) in [7, 11) is 0. The summed E-state index contributed by atoms with van der Waals surface area (Å²) in [5, 5.41) is 0. The van der Waals surface area contributed by atoms with Gasteiger partial charge in [-0.05, 0) is 37.4 Å². The van der Waals surface area contributed by atoms with E-state index in [9.17, 15) is 13.6 Å². The van der Waals surface area contributed by atoms with E-state index in [1.54, 1.807) is 11.8 Å². The van der Waals surface area contributed by atoms with Gasteiger partial charge in [-0.25, -0.2) is 8.78 Å². The second-order valence-corrected chi connectivity index (χ2v) is 5.86. The lowest BCUT2D eigenvalue weighted by atomic mass is 9.90. The molecule has 1 aliphatic heterocycles. The highest BCUT2D eigenvalue weighted by Crippen LogP contribution is 2.29. The zero-order valence-electron chi connectivity index (χ0n) is 12.6. The largest absolute Gasteiger partial charge is 0.481 e. The Kier molecular flexibility index (Phi) is 6.14. The Balaban J connectivity index is 0.00000242. The van der Waals surface area contributed by atoms with Gasteiger partial charge in [-0.15, -0.1) is 12.4 Å². The molecule has 2 atom stereocenters. The lowest BCUT2D eigenvalue weighted by Crippen LogP contribution is -2.41. The number of hydrogen-bond donors (Lipinski definition) is 1. The van der Waals surface area contributed by atoms with Crippen LogP contribution in [0.4, 0.5) is 8.78 Å². The molecule has 4 nitrogen and oxygen atoms in total. The molecule has 1 aromatic carbocycles. The van der Waals surface area contributed by atoms with E-state index in [1.165, 1.54) is 6.07 Å². The summed E-state index contributed by atoms with van der Waals surface area (Å²) < 4.78 is 31.4. The molecule has 0 saturated carbocycles. The summed E-state index contributed by atoms with van der Waals surface area (Å²) in [6.07, 6.45) is 0.0997. The van der Waals surface area contributed by atoms with E-state index < -0.39 is 17.7 Å². The highest BCUT2D eigenvalue weighted by molar-refractivity contribution is 5.85. The van der Waals surface area contributed by atoms with Gasteiger partial charge >= 0.3 is 0 Å². The summed E-state index contributed by atoms with van der Waals surface area (Å²) in [6, 6.07) is 3.21. The zero-order chi connectivity index (χ0) is 15.6. The maximum Gasteiger partial charge on any atom is 0.263 e. The fourth-order valence-electron chi connectivity index (χ4n) is 2.44. The van der Waals surface area contributed by atoms with E-state index in [1.807, 2.05) is 6.92 Å². The molecule has 2 unspecified atom stereocenters. The molecule has 1 heterocycles. The Morgan fingerprint density at radius 3 is 2.68 bits per heavy atom. The van der Waals surface area contributed by atoms with Crippen LogP contribution in [0.5, 0.6) is 5.75 Å². The Bertz CT molecular complexity index is 544. The van der Waals surface area contributed by atoms with Gasteiger partial charge in [-0.3, -0.25) is 4.79 Å². The first-order chi connectivity index (χ1) is 9.84. The van der Waals surface area contributed by atoms with E-state index in [-0.39, 0.29) is 29.5 Å². The lowest BCUT2D eigenvalue weighted by Gasteiger charge is -2.25. The summed E-state index contributed by atoms with van der Waals surface area (Å²) in [5.74, 6) is -1.98. The maximum absolute atomic E-state index is 13.1. The van der Waals surface area contributed by atoms with Crippen molar-refractivity contribution >= 4 is 18.3 Å². The summed E-state index contributed by atoms with van der Waals surface area (Å²) in [5.41, 5.74) is 5.66. The van der Waals surface area contributed by atoms with Gasteiger partial charge in [0.2, 0.25) is 0 Å². The Hall–Kier alpha value is -1.40. The molecule has 0 aliphatic carbocycles. The number of hydrogen-bond acceptors (Lipinski definition) is 3. The minimum Gasteiger partial charge on any atom is -0.481 e. The smallest absolute Gasteiger partial charge is 0.263 e. The monoisotopic (exact) mass is 334 g/mol. The van der Waals surface area contributed by atoms with Gasteiger partial charge in [-0.1, -0.05) is 6.92 Å². The van der Waals surface area contributed by atoms with Crippen LogP contribution in [-0.4, -0.2) is 36.5 Å². The second-order valence-electron chi connectivity index (χ2n) is 5.86. The fraction of sp³-hybridized carbons (Fsp3) is 0.533. The minimum atomic E-state index is -0.996. The number of rotatable bonds is 4. The number of carbonyl (C=O) groups is 1. The average Bonchev–Trinajstić information content (AvgIpc) is 2.85. The fourth-order valence-corrected chi connectivity index (χ4v) is 2.44. The Morgan fingerprint density at radius 2 is 2.14 bits per heavy atom. The van der Waals surface area contributed by atoms with Gasteiger partial charge in [0.05, 0.1) is 0 Å². The van der Waals surface area contributed by atoms with Crippen molar-refractivity contribution < 1.29 is 18.3 Å². The number of halogens is 3. The molecule has 1 saturated heterocycles. The van der Waals surface area contributed by atoms with Crippen LogP contribution in [0.3, 0.4) is 0 Å². The molecule has 1 fully saturated rings. The molecule has 0 bridgehead atoms. The SMILES string of the molecule is CC(Oc1ccc(F)c(F)c1)C(=O)N1CCC(C)(CN)C1.Cl. The highest BCUT2D eigenvalue weighted by atomic mass is 35.5. The molecular weight excluding hydrogens is 314 g/mol. The predicted octanol–water partition coefficient (Wildman–Crippen LogP) is 2.35. The summed E-state index contributed by atoms with van der Waals surface area (Å²) in [6.45, 7) is 5.39. The summed E-state index contributed by atoms with van der Waals surface area (Å²) >= 11 is 0. The first-order valence-electron chi connectivity index (χ1n) is 6.95. The molecule has 1 aliphatic rings. The molecule has 124 valence electrons. The molecule has 7 heteroatoms. The van der Waals surface area contributed by atoms with Crippen LogP contribution in [0, 0.1) is 17.0 Å². The van der Waals surface area contributed by atoms with Crippen molar-refractivity contribution in [2.45, 2.75) is 26.4 Å². The number of carbonyl (C=O) groups excluding carboxylic acids is 1. The van der Waals surface area contributed by atoms with Gasteiger partial charge in [0, 0.05) is 19.2 Å². The molecule has 0 spiro atoms. The lowest BCUT2D eigenvalue weighted by molar-refractivity contribution is -0.137. The Labute approximate surface area is 135 Å². The third-order valence-corrected chi connectivity index (χ3v) is 3.91. The normalized spacial score (nSPS) is 22.1. The van der Waals surface area contributed by atoms with Crippen molar-refractivity contribution in [1.82, 2.24) is 4.90 Å². The zero-order valence-corrected chi connectivity index (χ0v) is 13.5. The third-order valence-electron chi connectivity index (χ3n) is 3.91. The van der Waals surface area contributed by atoms with Crippen LogP contribution >= 0.6 is 12.4 Å². The molecular formula is C15H21ClF2N2O2. The van der Waals surface area contributed by atoms with E-state index in [2.05, 4.69) is 0 Å². The van der Waals surface area contributed by atoms with Crippen LogP contribution in [-0.2, 0) is 4.79 Å². The number of nitrogens with two attached hydrogens (primary N) is 1. The van der Waals surface area contributed by atoms with Crippen molar-refractivity contribution in [2.24, 2.45) is 11.1 Å². The molecule has 2 N–H and O–H groups in total. The molecule has 22 heavy (non-hydrogen) atoms. The third kappa shape index (κ3) is 4.08. The maximum atomic E-state index is 13.1. The second kappa shape index (κ2) is 7.24. The van der Waals surface area contributed by atoms with Gasteiger partial charge in [0.25, 0.3) is 5.91 Å².